The molecule has 1 aromatic rings. The fraction of sp³-hybridized carbons (Fsp3) is 0.556. The van der Waals surface area contributed by atoms with E-state index in [9.17, 15) is 24.2 Å². The fourth-order valence-electron chi connectivity index (χ4n) is 2.07. The zero-order valence-corrected chi connectivity index (χ0v) is 17.1. The molecule has 0 saturated carbocycles. The van der Waals surface area contributed by atoms with Gasteiger partial charge in [-0.3, -0.25) is 9.32 Å². The number of para-hydroxylation sites is 1. The van der Waals surface area contributed by atoms with Crippen LogP contribution in [-0.4, -0.2) is 39.3 Å². The Hall–Kier alpha value is -1.18. The molecular formula is C18H27O7PS. The maximum absolute atomic E-state index is 11.9. The summed E-state index contributed by atoms with van der Waals surface area (Å²) in [5.41, 5.74) is -1.42. The van der Waals surface area contributed by atoms with Gasteiger partial charge < -0.3 is 14.7 Å². The molecule has 2 N–H and O–H groups in total. The van der Waals surface area contributed by atoms with Crippen LogP contribution in [0.1, 0.15) is 45.4 Å². The smallest absolute Gasteiger partial charge is 0.417 e. The minimum atomic E-state index is -4.69. The Morgan fingerprint density at radius 3 is 2.48 bits per heavy atom. The molecule has 2 atom stereocenters. The molecule has 0 amide bonds. The van der Waals surface area contributed by atoms with E-state index in [1.165, 1.54) is 12.1 Å². The summed E-state index contributed by atoms with van der Waals surface area (Å²) in [6.07, 6.45) is 4.51. The average Bonchev–Trinajstić information content (AvgIpc) is 2.65. The largest absolute Gasteiger partial charge is 0.436 e. The summed E-state index contributed by atoms with van der Waals surface area (Å²) >= 11 is 0.953. The molecule has 27 heavy (non-hydrogen) atoms. The van der Waals surface area contributed by atoms with Gasteiger partial charge in [0.05, 0.1) is 12.7 Å². The molecular weight excluding hydrogens is 391 g/mol. The Bertz CT molecular complexity index is 623. The van der Waals surface area contributed by atoms with Crippen molar-refractivity contribution in [3.63, 3.8) is 0 Å². The van der Waals surface area contributed by atoms with Gasteiger partial charge in [-0.25, -0.2) is 9.36 Å². The van der Waals surface area contributed by atoms with Crippen LogP contribution in [-0.2, 0) is 13.9 Å². The van der Waals surface area contributed by atoms with Crippen molar-refractivity contribution in [2.45, 2.75) is 51.6 Å². The van der Waals surface area contributed by atoms with E-state index in [2.05, 4.69) is 11.4 Å². The number of hydrogen-bond acceptors (Lipinski definition) is 7. The molecule has 0 fully saturated rings. The normalized spacial score (nSPS) is 14.3. The van der Waals surface area contributed by atoms with Gasteiger partial charge in [0.2, 0.25) is 0 Å². The summed E-state index contributed by atoms with van der Waals surface area (Å²) in [5, 5.41) is 9.75. The minimum Gasteiger partial charge on any atom is -0.417 e. The lowest BCUT2D eigenvalue weighted by molar-refractivity contribution is -0.111. The molecule has 9 heteroatoms. The van der Waals surface area contributed by atoms with E-state index in [4.69, 9.17) is 4.74 Å². The molecule has 0 heterocycles. The first-order valence-corrected chi connectivity index (χ1v) is 11.5. The topological polar surface area (TPSA) is 110 Å². The van der Waals surface area contributed by atoms with E-state index in [1.54, 1.807) is 18.2 Å². The first kappa shape index (κ1) is 23.9. The number of aliphatic hydroxyl groups is 1. The SMILES string of the molecule is CCCCCCCC(=O)SCC(O)COP(=O)(O)C(=O)Oc1ccccc1. The third kappa shape index (κ3) is 10.7. The molecule has 152 valence electrons. The van der Waals surface area contributed by atoms with E-state index in [0.29, 0.717) is 6.42 Å². The zero-order valence-electron chi connectivity index (χ0n) is 15.4. The molecule has 0 radical (unpaired) electrons. The van der Waals surface area contributed by atoms with Crippen molar-refractivity contribution in [2.24, 2.45) is 0 Å². The Morgan fingerprint density at radius 1 is 1.15 bits per heavy atom. The Morgan fingerprint density at radius 2 is 1.81 bits per heavy atom. The number of carbonyl (C=O) groups is 2. The summed E-state index contributed by atoms with van der Waals surface area (Å²) in [5.74, 6) is 0.141. The van der Waals surface area contributed by atoms with Gasteiger partial charge in [0.25, 0.3) is 0 Å². The second-order valence-electron chi connectivity index (χ2n) is 6.00. The van der Waals surface area contributed by atoms with Crippen molar-refractivity contribution in [3.05, 3.63) is 30.3 Å². The van der Waals surface area contributed by atoms with Crippen molar-refractivity contribution in [3.8, 4) is 5.75 Å². The maximum Gasteiger partial charge on any atom is 0.436 e. The molecule has 0 saturated heterocycles. The monoisotopic (exact) mass is 418 g/mol. The molecule has 0 bridgehead atoms. The van der Waals surface area contributed by atoms with Crippen LogP contribution in [0, 0.1) is 0 Å². The number of carbonyl (C=O) groups excluding carboxylic acids is 2. The van der Waals surface area contributed by atoms with Crippen LogP contribution in [0.5, 0.6) is 5.75 Å². The minimum absolute atomic E-state index is 0.0293. The molecule has 0 aromatic heterocycles. The van der Waals surface area contributed by atoms with Crippen LogP contribution in [0.3, 0.4) is 0 Å². The summed E-state index contributed by atoms with van der Waals surface area (Å²) in [6, 6.07) is 7.82. The van der Waals surface area contributed by atoms with Crippen molar-refractivity contribution >= 4 is 30.2 Å². The van der Waals surface area contributed by atoms with Gasteiger partial charge in [-0.2, -0.15) is 0 Å². The summed E-state index contributed by atoms with van der Waals surface area (Å²) in [6.45, 7) is 1.57. The molecule has 7 nitrogen and oxygen atoms in total. The Kier molecular flexibility index (Phi) is 11.6. The lowest BCUT2D eigenvalue weighted by atomic mass is 10.1. The van der Waals surface area contributed by atoms with E-state index in [-0.39, 0.29) is 16.6 Å². The van der Waals surface area contributed by atoms with Crippen LogP contribution in [0.4, 0.5) is 4.79 Å². The average molecular weight is 418 g/mol. The Balaban J connectivity index is 2.25. The van der Waals surface area contributed by atoms with E-state index in [1.807, 2.05) is 0 Å². The van der Waals surface area contributed by atoms with Crippen molar-refractivity contribution in [1.29, 1.82) is 0 Å². The predicted molar refractivity (Wildman–Crippen MR) is 105 cm³/mol. The first-order chi connectivity index (χ1) is 12.8. The highest BCUT2D eigenvalue weighted by Crippen LogP contribution is 2.44. The van der Waals surface area contributed by atoms with Crippen molar-refractivity contribution in [1.82, 2.24) is 0 Å². The van der Waals surface area contributed by atoms with Gasteiger partial charge in [0.1, 0.15) is 5.75 Å². The number of aliphatic hydroxyl groups excluding tert-OH is 1. The van der Waals surface area contributed by atoms with E-state index in [0.717, 1.165) is 43.9 Å². The molecule has 2 unspecified atom stereocenters. The summed E-state index contributed by atoms with van der Waals surface area (Å²) in [7, 11) is -4.69. The van der Waals surface area contributed by atoms with Crippen LogP contribution < -0.4 is 4.74 Å². The number of rotatable bonds is 13. The molecule has 0 spiro atoms. The highest BCUT2D eigenvalue weighted by molar-refractivity contribution is 8.13. The number of thioether (sulfide) groups is 1. The fourth-order valence-corrected chi connectivity index (χ4v) is 3.53. The molecule has 0 aliphatic carbocycles. The Labute approximate surface area is 164 Å². The maximum atomic E-state index is 11.9. The number of benzene rings is 1. The van der Waals surface area contributed by atoms with Gasteiger partial charge in [-0.1, -0.05) is 62.6 Å². The lowest BCUT2D eigenvalue weighted by Crippen LogP contribution is -2.20. The van der Waals surface area contributed by atoms with E-state index >= 15 is 0 Å². The van der Waals surface area contributed by atoms with Crippen molar-refractivity contribution < 1.29 is 33.4 Å². The zero-order chi connectivity index (χ0) is 20.1. The number of unbranched alkanes of at least 4 members (excludes halogenated alkanes) is 4. The van der Waals surface area contributed by atoms with Crippen LogP contribution in [0.25, 0.3) is 0 Å². The van der Waals surface area contributed by atoms with Crippen LogP contribution >= 0.6 is 19.4 Å². The molecule has 0 aliphatic heterocycles. The van der Waals surface area contributed by atoms with Crippen LogP contribution in [0.2, 0.25) is 0 Å². The second kappa shape index (κ2) is 13.1. The highest BCUT2D eigenvalue weighted by atomic mass is 32.2. The van der Waals surface area contributed by atoms with Gasteiger partial charge >= 0.3 is 13.3 Å². The predicted octanol–water partition coefficient (Wildman–Crippen LogP) is 4.37. The van der Waals surface area contributed by atoms with Crippen molar-refractivity contribution in [2.75, 3.05) is 12.4 Å². The quantitative estimate of drug-likeness (QED) is 0.359. The molecule has 1 rings (SSSR count). The molecule has 0 aliphatic rings. The standard InChI is InChI=1S/C18H27O7PS/c1-2-3-4-5-9-12-17(20)27-14-15(19)13-24-26(22,23)18(21)25-16-10-7-6-8-11-16/h6-8,10-11,15,19H,2-5,9,12-14H2,1H3,(H,22,23). The third-order valence-electron chi connectivity index (χ3n) is 3.54. The number of hydrogen-bond donors (Lipinski definition) is 2. The number of ether oxygens (including phenoxy) is 1. The summed E-state index contributed by atoms with van der Waals surface area (Å²) in [4.78, 5) is 33.1. The lowest BCUT2D eigenvalue weighted by Gasteiger charge is -2.14. The summed E-state index contributed by atoms with van der Waals surface area (Å²) < 4.78 is 21.3. The van der Waals surface area contributed by atoms with Gasteiger partial charge in [0.15, 0.2) is 5.12 Å². The second-order valence-corrected chi connectivity index (χ2v) is 8.74. The first-order valence-electron chi connectivity index (χ1n) is 8.93. The van der Waals surface area contributed by atoms with Gasteiger partial charge in [0, 0.05) is 12.2 Å². The third-order valence-corrected chi connectivity index (χ3v) is 5.67. The molecule has 1 aromatic carbocycles. The van der Waals surface area contributed by atoms with Gasteiger partial charge in [-0.15, -0.1) is 0 Å². The van der Waals surface area contributed by atoms with E-state index < -0.39 is 26.0 Å². The van der Waals surface area contributed by atoms with Gasteiger partial charge in [-0.05, 0) is 18.6 Å². The van der Waals surface area contributed by atoms with Crippen LogP contribution in [0.15, 0.2) is 30.3 Å². The highest BCUT2D eigenvalue weighted by Gasteiger charge is 2.34.